The van der Waals surface area contributed by atoms with Crippen molar-refractivity contribution in [2.45, 2.75) is 38.5 Å². The van der Waals surface area contributed by atoms with E-state index in [1.165, 1.54) is 31.3 Å². The first kappa shape index (κ1) is 7.78. The molecule has 0 amide bonds. The van der Waals surface area contributed by atoms with Crippen LogP contribution in [0.3, 0.4) is 0 Å². The van der Waals surface area contributed by atoms with Crippen LogP contribution < -0.4 is 0 Å². The monoisotopic (exact) mass is 176 g/mol. The van der Waals surface area contributed by atoms with Gasteiger partial charge in [-0.1, -0.05) is 12.5 Å². The Morgan fingerprint density at radius 3 is 2.62 bits per heavy atom. The highest BCUT2D eigenvalue weighted by Gasteiger charge is 2.56. The Kier molecular flexibility index (Phi) is 1.61. The second kappa shape index (κ2) is 2.70. The Labute approximate surface area is 79.2 Å². The predicted octanol–water partition coefficient (Wildman–Crippen LogP) is 2.71. The Morgan fingerprint density at radius 1 is 1.23 bits per heavy atom. The van der Waals surface area contributed by atoms with Gasteiger partial charge in [-0.05, 0) is 49.5 Å². The van der Waals surface area contributed by atoms with E-state index in [4.69, 9.17) is 0 Å². The lowest BCUT2D eigenvalue weighted by Crippen LogP contribution is -2.07. The van der Waals surface area contributed by atoms with Crippen molar-refractivity contribution in [1.29, 1.82) is 0 Å². The number of Topliss-reactive ketones (excluding diaryl/α,β-unsaturated/α-hetero) is 1. The molecule has 13 heavy (non-hydrogen) atoms. The van der Waals surface area contributed by atoms with Crippen molar-refractivity contribution >= 4 is 5.78 Å². The maximum atomic E-state index is 12.0. The van der Waals surface area contributed by atoms with E-state index in [0.29, 0.717) is 11.7 Å². The van der Waals surface area contributed by atoms with Gasteiger partial charge in [-0.15, -0.1) is 0 Å². The minimum Gasteiger partial charge on any atom is -0.294 e. The van der Waals surface area contributed by atoms with Crippen molar-refractivity contribution < 1.29 is 4.79 Å². The average molecular weight is 176 g/mol. The SMILES string of the molecule is O=C(C1=CCCC1)C1C2CCCC21. The fraction of sp³-hybridized carbons (Fsp3) is 0.750. The second-order valence-corrected chi connectivity index (χ2v) is 4.77. The minimum atomic E-state index is 0.470. The number of ketones is 1. The molecule has 0 aromatic rings. The molecular weight excluding hydrogens is 160 g/mol. The molecule has 2 saturated carbocycles. The molecule has 0 heterocycles. The molecule has 2 atom stereocenters. The van der Waals surface area contributed by atoms with Gasteiger partial charge in [-0.2, -0.15) is 0 Å². The molecule has 2 fully saturated rings. The van der Waals surface area contributed by atoms with Crippen molar-refractivity contribution in [2.24, 2.45) is 17.8 Å². The molecule has 3 aliphatic carbocycles. The van der Waals surface area contributed by atoms with Gasteiger partial charge in [0, 0.05) is 5.92 Å². The van der Waals surface area contributed by atoms with Gasteiger partial charge < -0.3 is 0 Å². The number of carbonyl (C=O) groups excluding carboxylic acids is 1. The number of rotatable bonds is 2. The van der Waals surface area contributed by atoms with Crippen LogP contribution in [-0.2, 0) is 4.79 Å². The fourth-order valence-corrected chi connectivity index (χ4v) is 3.32. The standard InChI is InChI=1S/C12H16O/c13-12(8-4-1-2-5-8)11-9-6-3-7-10(9)11/h4,9-11H,1-3,5-7H2. The van der Waals surface area contributed by atoms with Gasteiger partial charge in [-0.25, -0.2) is 0 Å². The highest BCUT2D eigenvalue weighted by atomic mass is 16.1. The number of hydrogen-bond acceptors (Lipinski definition) is 1. The van der Waals surface area contributed by atoms with E-state index in [1.54, 1.807) is 0 Å². The molecule has 0 radical (unpaired) electrons. The zero-order valence-electron chi connectivity index (χ0n) is 7.96. The van der Waals surface area contributed by atoms with E-state index < -0.39 is 0 Å². The molecule has 0 bridgehead atoms. The van der Waals surface area contributed by atoms with Crippen LogP contribution >= 0.6 is 0 Å². The lowest BCUT2D eigenvalue weighted by molar-refractivity contribution is -0.117. The molecule has 2 unspecified atom stereocenters. The van der Waals surface area contributed by atoms with Crippen LogP contribution in [0.25, 0.3) is 0 Å². The summed E-state index contributed by atoms with van der Waals surface area (Å²) in [6.07, 6.45) is 9.62. The van der Waals surface area contributed by atoms with E-state index in [1.807, 2.05) is 0 Å². The van der Waals surface area contributed by atoms with E-state index >= 15 is 0 Å². The van der Waals surface area contributed by atoms with Crippen LogP contribution in [0.2, 0.25) is 0 Å². The van der Waals surface area contributed by atoms with E-state index in [2.05, 4.69) is 6.08 Å². The Balaban J connectivity index is 1.70. The minimum absolute atomic E-state index is 0.470. The van der Waals surface area contributed by atoms with Gasteiger partial charge in [0.1, 0.15) is 0 Å². The van der Waals surface area contributed by atoms with Gasteiger partial charge in [0.05, 0.1) is 0 Å². The van der Waals surface area contributed by atoms with Gasteiger partial charge in [0.25, 0.3) is 0 Å². The summed E-state index contributed by atoms with van der Waals surface area (Å²) in [5.41, 5.74) is 1.17. The van der Waals surface area contributed by atoms with Crippen LogP contribution in [0.4, 0.5) is 0 Å². The quantitative estimate of drug-likeness (QED) is 0.632. The lowest BCUT2D eigenvalue weighted by Gasteiger charge is -2.02. The zero-order valence-corrected chi connectivity index (χ0v) is 7.96. The van der Waals surface area contributed by atoms with Gasteiger partial charge in [-0.3, -0.25) is 4.79 Å². The molecule has 3 rings (SSSR count). The van der Waals surface area contributed by atoms with Crippen LogP contribution in [0.15, 0.2) is 11.6 Å². The highest BCUT2D eigenvalue weighted by molar-refractivity contribution is 5.99. The number of allylic oxidation sites excluding steroid dienone is 2. The largest absolute Gasteiger partial charge is 0.294 e. The molecule has 1 heteroatoms. The van der Waals surface area contributed by atoms with Crippen LogP contribution in [0.1, 0.15) is 38.5 Å². The van der Waals surface area contributed by atoms with Crippen LogP contribution in [0.5, 0.6) is 0 Å². The first-order valence-corrected chi connectivity index (χ1v) is 5.61. The average Bonchev–Trinajstić information content (AvgIpc) is 2.68. The summed E-state index contributed by atoms with van der Waals surface area (Å²) >= 11 is 0. The number of fused-ring (bicyclic) bond motifs is 1. The molecule has 0 aliphatic heterocycles. The molecule has 70 valence electrons. The van der Waals surface area contributed by atoms with Crippen molar-refractivity contribution in [3.05, 3.63) is 11.6 Å². The summed E-state index contributed by atoms with van der Waals surface area (Å²) < 4.78 is 0. The third kappa shape index (κ3) is 1.09. The summed E-state index contributed by atoms with van der Waals surface area (Å²) in [7, 11) is 0. The summed E-state index contributed by atoms with van der Waals surface area (Å²) in [5.74, 6) is 2.59. The molecule has 1 nitrogen and oxygen atoms in total. The van der Waals surface area contributed by atoms with Crippen LogP contribution in [0, 0.1) is 17.8 Å². The molecule has 0 spiro atoms. The highest BCUT2D eigenvalue weighted by Crippen LogP contribution is 2.58. The molecule has 0 saturated heterocycles. The molecular formula is C12H16O. The van der Waals surface area contributed by atoms with Gasteiger partial charge in [0.15, 0.2) is 5.78 Å². The van der Waals surface area contributed by atoms with E-state index in [-0.39, 0.29) is 0 Å². The molecule has 0 aromatic heterocycles. The molecule has 0 aromatic carbocycles. The maximum absolute atomic E-state index is 12.0. The zero-order chi connectivity index (χ0) is 8.84. The summed E-state index contributed by atoms with van der Waals surface area (Å²) in [5, 5.41) is 0. The Morgan fingerprint density at radius 2 is 2.00 bits per heavy atom. The maximum Gasteiger partial charge on any atom is 0.162 e. The second-order valence-electron chi connectivity index (χ2n) is 4.77. The number of hydrogen-bond donors (Lipinski definition) is 0. The summed E-state index contributed by atoms with van der Waals surface area (Å²) in [6, 6.07) is 0. The van der Waals surface area contributed by atoms with Crippen molar-refractivity contribution in [3.8, 4) is 0 Å². The van der Waals surface area contributed by atoms with Crippen molar-refractivity contribution in [2.75, 3.05) is 0 Å². The third-order valence-corrected chi connectivity index (χ3v) is 4.07. The topological polar surface area (TPSA) is 17.1 Å². The summed E-state index contributed by atoms with van der Waals surface area (Å²) in [6.45, 7) is 0. The number of carbonyl (C=O) groups is 1. The van der Waals surface area contributed by atoms with Crippen molar-refractivity contribution in [3.63, 3.8) is 0 Å². The first-order valence-electron chi connectivity index (χ1n) is 5.61. The molecule has 3 aliphatic rings. The fourth-order valence-electron chi connectivity index (χ4n) is 3.32. The molecule has 0 N–H and O–H groups in total. The third-order valence-electron chi connectivity index (χ3n) is 4.07. The van der Waals surface area contributed by atoms with Gasteiger partial charge >= 0.3 is 0 Å². The predicted molar refractivity (Wildman–Crippen MR) is 51.3 cm³/mol. The van der Waals surface area contributed by atoms with E-state index in [0.717, 1.165) is 24.7 Å². The smallest absolute Gasteiger partial charge is 0.162 e. The Hall–Kier alpha value is -0.590. The van der Waals surface area contributed by atoms with Crippen molar-refractivity contribution in [1.82, 2.24) is 0 Å². The first-order chi connectivity index (χ1) is 6.38. The van der Waals surface area contributed by atoms with Crippen LogP contribution in [-0.4, -0.2) is 5.78 Å². The lowest BCUT2D eigenvalue weighted by atomic mass is 10.0. The summed E-state index contributed by atoms with van der Waals surface area (Å²) in [4.78, 5) is 12.0. The van der Waals surface area contributed by atoms with E-state index in [9.17, 15) is 4.79 Å². The van der Waals surface area contributed by atoms with Gasteiger partial charge in [0.2, 0.25) is 0 Å². The Bertz CT molecular complexity index is 267. The normalized spacial score (nSPS) is 41.5.